The zero-order valence-electron chi connectivity index (χ0n) is 23.1. The third-order valence-electron chi connectivity index (χ3n) is 7.33. The van der Waals surface area contributed by atoms with Gasteiger partial charge in [-0.1, -0.05) is 30.7 Å². The van der Waals surface area contributed by atoms with Gasteiger partial charge in [0.2, 0.25) is 11.8 Å². The van der Waals surface area contributed by atoms with Crippen LogP contribution in [0.4, 0.5) is 0 Å². The highest BCUT2D eigenvalue weighted by Gasteiger charge is 2.51. The van der Waals surface area contributed by atoms with Gasteiger partial charge in [-0.3, -0.25) is 19.8 Å². The fraction of sp³-hybridized carbons (Fsp3) is 0.679. The van der Waals surface area contributed by atoms with Crippen molar-refractivity contribution in [3.8, 4) is 0 Å². The maximum atomic E-state index is 12.3. The van der Waals surface area contributed by atoms with Crippen molar-refractivity contribution in [2.75, 3.05) is 6.61 Å². The lowest BCUT2D eigenvalue weighted by Gasteiger charge is -2.39. The Morgan fingerprint density at radius 3 is 2.55 bits per heavy atom. The molecule has 38 heavy (non-hydrogen) atoms. The molecule has 2 amide bonds. The number of carbonyl (C=O) groups is 3. The van der Waals surface area contributed by atoms with E-state index in [1.807, 2.05) is 19.9 Å². The van der Waals surface area contributed by atoms with Gasteiger partial charge >= 0.3 is 5.97 Å². The van der Waals surface area contributed by atoms with Gasteiger partial charge in [-0.05, 0) is 45.6 Å². The summed E-state index contributed by atoms with van der Waals surface area (Å²) in [6, 6.07) is -0.0953. The van der Waals surface area contributed by atoms with Gasteiger partial charge in [0.25, 0.3) is 0 Å². The predicted molar refractivity (Wildman–Crippen MR) is 141 cm³/mol. The largest absolute Gasteiger partial charge is 0.459 e. The SMILES string of the molecule is CC(=O)OC(C)/C=C\C(=O)N[C@@H]1C[C@H](C)[C@H](C/C=C(C)/C=C/[C@@H]2C[C@]3(CO3)C[C@@H](CC(=O)NN)O2)O[C@@H]1C. The Labute approximate surface area is 225 Å². The van der Waals surface area contributed by atoms with Crippen LogP contribution in [-0.4, -0.2) is 66.6 Å². The number of nitrogens with one attached hydrogen (secondary N) is 2. The molecule has 3 aliphatic rings. The Morgan fingerprint density at radius 2 is 1.89 bits per heavy atom. The third kappa shape index (κ3) is 9.34. The van der Waals surface area contributed by atoms with Gasteiger partial charge in [0.15, 0.2) is 0 Å². The van der Waals surface area contributed by atoms with Crippen LogP contribution in [-0.2, 0) is 33.3 Å². The highest BCUT2D eigenvalue weighted by Crippen LogP contribution is 2.43. The molecule has 0 aromatic carbocycles. The normalized spacial score (nSPS) is 34.3. The minimum atomic E-state index is -0.461. The molecule has 4 N–H and O–H groups in total. The second kappa shape index (κ2) is 13.5. The van der Waals surface area contributed by atoms with Gasteiger partial charge in [0.1, 0.15) is 6.10 Å². The van der Waals surface area contributed by atoms with Crippen LogP contribution in [0.3, 0.4) is 0 Å². The average molecular weight is 534 g/mol. The zero-order chi connectivity index (χ0) is 27.9. The lowest BCUT2D eigenvalue weighted by molar-refractivity contribution is -0.143. The van der Waals surface area contributed by atoms with E-state index in [1.165, 1.54) is 13.0 Å². The molecule has 10 heteroatoms. The molecule has 0 radical (unpaired) electrons. The van der Waals surface area contributed by atoms with E-state index < -0.39 is 6.10 Å². The van der Waals surface area contributed by atoms with Crippen molar-refractivity contribution in [2.24, 2.45) is 11.8 Å². The smallest absolute Gasteiger partial charge is 0.303 e. The molecule has 0 aliphatic carbocycles. The molecule has 3 saturated heterocycles. The first-order chi connectivity index (χ1) is 18.0. The second-order valence-electron chi connectivity index (χ2n) is 10.9. The van der Waals surface area contributed by atoms with Crippen molar-refractivity contribution in [1.29, 1.82) is 0 Å². The molecule has 3 rings (SSSR count). The number of nitrogens with two attached hydrogens (primary N) is 1. The number of ether oxygens (including phenoxy) is 4. The van der Waals surface area contributed by atoms with Gasteiger partial charge in [0.05, 0.1) is 49.1 Å². The fourth-order valence-corrected chi connectivity index (χ4v) is 5.14. The average Bonchev–Trinajstić information content (AvgIpc) is 3.59. The van der Waals surface area contributed by atoms with Crippen LogP contribution in [0.2, 0.25) is 0 Å². The van der Waals surface area contributed by atoms with E-state index in [2.05, 4.69) is 29.8 Å². The third-order valence-corrected chi connectivity index (χ3v) is 7.33. The number of rotatable bonds is 10. The quantitative estimate of drug-likeness (QED) is 0.0739. The summed E-state index contributed by atoms with van der Waals surface area (Å²) < 4.78 is 23.1. The van der Waals surface area contributed by atoms with Crippen LogP contribution in [0, 0.1) is 5.92 Å². The molecular formula is C28H43N3O7. The van der Waals surface area contributed by atoms with Crippen LogP contribution in [0.25, 0.3) is 0 Å². The molecule has 10 nitrogen and oxygen atoms in total. The van der Waals surface area contributed by atoms with Gasteiger partial charge in [-0.15, -0.1) is 0 Å². The summed E-state index contributed by atoms with van der Waals surface area (Å²) in [6.07, 6.45) is 11.6. The van der Waals surface area contributed by atoms with Gasteiger partial charge in [0, 0.05) is 25.8 Å². The number of hydrogen-bond acceptors (Lipinski definition) is 8. The van der Waals surface area contributed by atoms with Crippen molar-refractivity contribution in [2.45, 2.75) is 109 Å². The van der Waals surface area contributed by atoms with Gasteiger partial charge in [-0.2, -0.15) is 0 Å². The maximum absolute atomic E-state index is 12.3. The van der Waals surface area contributed by atoms with Crippen LogP contribution < -0.4 is 16.6 Å². The summed E-state index contributed by atoms with van der Waals surface area (Å²) in [7, 11) is 0. The van der Waals surface area contributed by atoms with E-state index in [9.17, 15) is 14.4 Å². The summed E-state index contributed by atoms with van der Waals surface area (Å²) >= 11 is 0. The molecule has 3 aliphatic heterocycles. The van der Waals surface area contributed by atoms with Crippen LogP contribution in [0.5, 0.6) is 0 Å². The first-order valence-corrected chi connectivity index (χ1v) is 13.4. The Balaban J connectivity index is 1.47. The Kier molecular flexibility index (Phi) is 10.7. The highest BCUT2D eigenvalue weighted by molar-refractivity contribution is 5.87. The van der Waals surface area contributed by atoms with E-state index in [4.69, 9.17) is 24.8 Å². The molecule has 3 heterocycles. The van der Waals surface area contributed by atoms with Crippen molar-refractivity contribution >= 4 is 17.8 Å². The minimum Gasteiger partial charge on any atom is -0.459 e. The zero-order valence-corrected chi connectivity index (χ0v) is 23.1. The molecule has 8 atom stereocenters. The Hall–Kier alpha value is -2.53. The van der Waals surface area contributed by atoms with E-state index in [0.29, 0.717) is 13.0 Å². The number of allylic oxidation sites excluding steroid dienone is 2. The molecule has 0 saturated carbocycles. The van der Waals surface area contributed by atoms with Gasteiger partial charge < -0.3 is 24.3 Å². The van der Waals surface area contributed by atoms with E-state index in [-0.39, 0.29) is 66.2 Å². The van der Waals surface area contributed by atoms with E-state index >= 15 is 0 Å². The van der Waals surface area contributed by atoms with Crippen LogP contribution >= 0.6 is 0 Å². The number of carbonyl (C=O) groups excluding carboxylic acids is 3. The first-order valence-electron chi connectivity index (χ1n) is 13.4. The van der Waals surface area contributed by atoms with Crippen LogP contribution in [0.15, 0.2) is 36.0 Å². The number of hydrazine groups is 1. The van der Waals surface area contributed by atoms with Crippen molar-refractivity contribution in [1.82, 2.24) is 10.7 Å². The van der Waals surface area contributed by atoms with Crippen LogP contribution in [0.1, 0.15) is 66.7 Å². The molecule has 1 unspecified atom stereocenters. The van der Waals surface area contributed by atoms with E-state index in [0.717, 1.165) is 24.8 Å². The number of amides is 2. The van der Waals surface area contributed by atoms with Crippen molar-refractivity contribution in [3.05, 3.63) is 36.0 Å². The molecule has 0 bridgehead atoms. The standard InChI is InChI=1S/C28H43N3O7/c1-17(6-9-22-14-28(16-35-28)15-23(38-22)13-27(34)31-29)7-10-25-18(2)12-24(20(4)37-25)30-26(33)11-8-19(3)36-21(5)32/h6-9,11,18-20,22-25H,10,12-16,29H2,1-5H3,(H,30,33)(H,31,34)/b9-6+,11-8-,17-7+/t18-,19?,20+,22+,23+,24+,25-,28+/m0/s1. The molecule has 3 fully saturated rings. The number of esters is 1. The topological polar surface area (TPSA) is 142 Å². The minimum absolute atomic E-state index is 0.0502. The molecule has 0 aromatic heterocycles. The molecule has 1 spiro atoms. The maximum Gasteiger partial charge on any atom is 0.303 e. The summed E-state index contributed by atoms with van der Waals surface area (Å²) in [6.45, 7) is 9.90. The Bertz CT molecular complexity index is 943. The summed E-state index contributed by atoms with van der Waals surface area (Å²) in [5.41, 5.74) is 3.10. The molecule has 0 aromatic rings. The van der Waals surface area contributed by atoms with Gasteiger partial charge in [-0.25, -0.2) is 5.84 Å². The van der Waals surface area contributed by atoms with Crippen molar-refractivity contribution < 1.29 is 33.3 Å². The summed E-state index contributed by atoms with van der Waals surface area (Å²) in [5, 5.41) is 3.01. The Morgan fingerprint density at radius 1 is 1.16 bits per heavy atom. The number of hydrogen-bond donors (Lipinski definition) is 3. The lowest BCUT2D eigenvalue weighted by atomic mass is 9.88. The fourth-order valence-electron chi connectivity index (χ4n) is 5.14. The molecule has 212 valence electrons. The summed E-state index contributed by atoms with van der Waals surface area (Å²) in [5.74, 6) is 4.63. The second-order valence-corrected chi connectivity index (χ2v) is 10.9. The molecular weight excluding hydrogens is 490 g/mol. The van der Waals surface area contributed by atoms with Crippen molar-refractivity contribution in [3.63, 3.8) is 0 Å². The predicted octanol–water partition coefficient (Wildman–Crippen LogP) is 2.38. The van der Waals surface area contributed by atoms with E-state index in [1.54, 1.807) is 13.0 Å². The lowest BCUT2D eigenvalue weighted by Crippen LogP contribution is -2.50. The first kappa shape index (κ1) is 30.0. The monoisotopic (exact) mass is 533 g/mol. The summed E-state index contributed by atoms with van der Waals surface area (Å²) in [4.78, 5) is 35.0. The number of epoxide rings is 1. The highest BCUT2D eigenvalue weighted by atomic mass is 16.6.